The van der Waals surface area contributed by atoms with Crippen molar-refractivity contribution < 1.29 is 19.0 Å². The summed E-state index contributed by atoms with van der Waals surface area (Å²) in [4.78, 5) is 10.7. The molecule has 60 valence electrons. The van der Waals surface area contributed by atoms with Crippen LogP contribution in [0.4, 0.5) is 0 Å². The van der Waals surface area contributed by atoms with Crippen molar-refractivity contribution in [2.75, 3.05) is 20.8 Å². The number of hydrogen-bond donors (Lipinski definition) is 0. The van der Waals surface area contributed by atoms with Gasteiger partial charge in [-0.3, -0.25) is 0 Å². The van der Waals surface area contributed by atoms with E-state index in [0.29, 0.717) is 6.61 Å². The van der Waals surface area contributed by atoms with Gasteiger partial charge in [-0.25, -0.2) is 4.79 Å². The van der Waals surface area contributed by atoms with Gasteiger partial charge in [0.05, 0.1) is 7.11 Å². The van der Waals surface area contributed by atoms with E-state index in [1.165, 1.54) is 14.2 Å². The van der Waals surface area contributed by atoms with Crippen LogP contribution in [0.1, 0.15) is 6.92 Å². The molecule has 0 rings (SSSR count). The molecule has 0 heterocycles. The van der Waals surface area contributed by atoms with E-state index in [2.05, 4.69) is 9.47 Å². The van der Waals surface area contributed by atoms with Crippen molar-refractivity contribution in [2.24, 2.45) is 0 Å². The minimum Gasteiger partial charge on any atom is -0.465 e. The van der Waals surface area contributed by atoms with E-state index in [4.69, 9.17) is 4.74 Å². The van der Waals surface area contributed by atoms with Crippen molar-refractivity contribution in [2.45, 2.75) is 13.2 Å². The van der Waals surface area contributed by atoms with E-state index in [9.17, 15) is 4.79 Å². The zero-order chi connectivity index (χ0) is 7.98. The second-order valence-corrected chi connectivity index (χ2v) is 1.55. The fourth-order valence-electron chi connectivity index (χ4n) is 0.480. The van der Waals surface area contributed by atoms with Crippen LogP contribution in [0, 0.1) is 0 Å². The van der Waals surface area contributed by atoms with E-state index in [0.717, 1.165) is 0 Å². The second-order valence-electron chi connectivity index (χ2n) is 1.55. The highest BCUT2D eigenvalue weighted by Crippen LogP contribution is 1.94. The van der Waals surface area contributed by atoms with Crippen molar-refractivity contribution >= 4 is 5.97 Å². The Bertz CT molecular complexity index is 102. The van der Waals surface area contributed by atoms with Crippen LogP contribution in [0.2, 0.25) is 0 Å². The first-order valence-electron chi connectivity index (χ1n) is 2.98. The molecule has 0 fully saturated rings. The third-order valence-electron chi connectivity index (χ3n) is 0.926. The van der Waals surface area contributed by atoms with E-state index in [1.807, 2.05) is 0 Å². The van der Waals surface area contributed by atoms with Crippen LogP contribution >= 0.6 is 0 Å². The normalized spacial score (nSPS) is 12.7. The molecule has 4 heteroatoms. The van der Waals surface area contributed by atoms with E-state index < -0.39 is 12.3 Å². The topological polar surface area (TPSA) is 44.8 Å². The van der Waals surface area contributed by atoms with Crippen LogP contribution in [-0.2, 0) is 19.0 Å². The first-order valence-corrected chi connectivity index (χ1v) is 2.98. The van der Waals surface area contributed by atoms with Gasteiger partial charge in [0.25, 0.3) is 6.29 Å². The smallest absolute Gasteiger partial charge is 0.363 e. The Kier molecular flexibility index (Phi) is 4.88. The number of carbonyl (C=O) groups excluding carboxylic acids is 1. The first kappa shape index (κ1) is 9.39. The van der Waals surface area contributed by atoms with E-state index in [-0.39, 0.29) is 0 Å². The number of carbonyl (C=O) groups is 1. The molecule has 0 aliphatic rings. The Labute approximate surface area is 60.1 Å². The van der Waals surface area contributed by atoms with E-state index >= 15 is 0 Å². The minimum atomic E-state index is -0.880. The van der Waals surface area contributed by atoms with Crippen LogP contribution < -0.4 is 0 Å². The Morgan fingerprint density at radius 3 is 2.40 bits per heavy atom. The molecule has 4 nitrogen and oxygen atoms in total. The predicted molar refractivity (Wildman–Crippen MR) is 34.4 cm³/mol. The van der Waals surface area contributed by atoms with Gasteiger partial charge in [0.15, 0.2) is 0 Å². The second kappa shape index (κ2) is 5.20. The maximum absolute atomic E-state index is 10.7. The zero-order valence-corrected chi connectivity index (χ0v) is 6.42. The SMILES string of the molecule is CCOC(OC)C(=O)OC. The van der Waals surface area contributed by atoms with Gasteiger partial charge in [0.2, 0.25) is 0 Å². The minimum absolute atomic E-state index is 0.424. The molecular weight excluding hydrogens is 136 g/mol. The summed E-state index contributed by atoms with van der Waals surface area (Å²) in [5, 5.41) is 0. The highest BCUT2D eigenvalue weighted by atomic mass is 16.7. The number of hydrogen-bond acceptors (Lipinski definition) is 4. The zero-order valence-electron chi connectivity index (χ0n) is 6.42. The molecule has 0 N–H and O–H groups in total. The van der Waals surface area contributed by atoms with Crippen molar-refractivity contribution in [3.8, 4) is 0 Å². The van der Waals surface area contributed by atoms with Crippen molar-refractivity contribution in [3.05, 3.63) is 0 Å². The van der Waals surface area contributed by atoms with Crippen LogP contribution in [0.25, 0.3) is 0 Å². The summed E-state index contributed by atoms with van der Waals surface area (Å²) < 4.78 is 13.9. The highest BCUT2D eigenvalue weighted by molar-refractivity contribution is 5.72. The molecule has 0 aliphatic carbocycles. The molecule has 1 unspecified atom stereocenters. The van der Waals surface area contributed by atoms with Crippen LogP contribution in [0.15, 0.2) is 0 Å². The number of methoxy groups -OCH3 is 2. The van der Waals surface area contributed by atoms with Crippen molar-refractivity contribution in [1.82, 2.24) is 0 Å². The summed E-state index contributed by atoms with van der Waals surface area (Å²) in [6.45, 7) is 2.20. The molecule has 0 aliphatic heterocycles. The lowest BCUT2D eigenvalue weighted by Gasteiger charge is -2.11. The number of esters is 1. The molecule has 0 saturated heterocycles. The highest BCUT2D eigenvalue weighted by Gasteiger charge is 2.17. The molecular formula is C6H12O4. The van der Waals surface area contributed by atoms with Gasteiger partial charge in [-0.05, 0) is 6.92 Å². The van der Waals surface area contributed by atoms with Gasteiger partial charge in [0, 0.05) is 13.7 Å². The molecule has 0 aromatic carbocycles. The molecule has 0 amide bonds. The van der Waals surface area contributed by atoms with Crippen LogP contribution in [-0.4, -0.2) is 33.1 Å². The monoisotopic (exact) mass is 148 g/mol. The Morgan fingerprint density at radius 2 is 2.10 bits per heavy atom. The molecule has 10 heavy (non-hydrogen) atoms. The first-order chi connectivity index (χ1) is 4.76. The molecule has 0 radical (unpaired) electrons. The van der Waals surface area contributed by atoms with Crippen LogP contribution in [0.3, 0.4) is 0 Å². The third-order valence-corrected chi connectivity index (χ3v) is 0.926. The van der Waals surface area contributed by atoms with Gasteiger partial charge in [-0.15, -0.1) is 0 Å². The van der Waals surface area contributed by atoms with Gasteiger partial charge in [0.1, 0.15) is 0 Å². The quantitative estimate of drug-likeness (QED) is 0.421. The summed E-state index contributed by atoms with van der Waals surface area (Å²) in [6, 6.07) is 0. The summed E-state index contributed by atoms with van der Waals surface area (Å²) in [6.07, 6.45) is -0.880. The Balaban J connectivity index is 3.68. The van der Waals surface area contributed by atoms with Gasteiger partial charge < -0.3 is 14.2 Å². The summed E-state index contributed by atoms with van der Waals surface area (Å²) in [7, 11) is 2.67. The standard InChI is InChI=1S/C6H12O4/c1-4-10-6(9-3)5(7)8-2/h6H,4H2,1-3H3. The number of rotatable bonds is 4. The Morgan fingerprint density at radius 1 is 1.50 bits per heavy atom. The molecule has 0 spiro atoms. The molecule has 0 bridgehead atoms. The average Bonchev–Trinajstić information content (AvgIpc) is 1.99. The average molecular weight is 148 g/mol. The maximum Gasteiger partial charge on any atom is 0.363 e. The lowest BCUT2D eigenvalue weighted by Crippen LogP contribution is -2.27. The summed E-state index contributed by atoms with van der Waals surface area (Å²) >= 11 is 0. The fraction of sp³-hybridized carbons (Fsp3) is 0.833. The lowest BCUT2D eigenvalue weighted by atomic mass is 10.6. The summed E-state index contributed by atoms with van der Waals surface area (Å²) in [5.41, 5.74) is 0. The summed E-state index contributed by atoms with van der Waals surface area (Å²) in [5.74, 6) is -0.510. The van der Waals surface area contributed by atoms with E-state index in [1.54, 1.807) is 6.92 Å². The van der Waals surface area contributed by atoms with Gasteiger partial charge >= 0.3 is 5.97 Å². The molecule has 0 aromatic rings. The fourth-order valence-corrected chi connectivity index (χ4v) is 0.480. The van der Waals surface area contributed by atoms with Gasteiger partial charge in [-0.2, -0.15) is 0 Å². The Hall–Kier alpha value is -0.610. The largest absolute Gasteiger partial charge is 0.465 e. The maximum atomic E-state index is 10.7. The van der Waals surface area contributed by atoms with Crippen molar-refractivity contribution in [3.63, 3.8) is 0 Å². The lowest BCUT2D eigenvalue weighted by molar-refractivity contribution is -0.185. The predicted octanol–water partition coefficient (Wildman–Crippen LogP) is 0.168. The third kappa shape index (κ3) is 2.80. The van der Waals surface area contributed by atoms with Crippen molar-refractivity contribution in [1.29, 1.82) is 0 Å². The van der Waals surface area contributed by atoms with Gasteiger partial charge in [-0.1, -0.05) is 0 Å². The molecule has 0 saturated carbocycles. The molecule has 1 atom stereocenters. The molecule has 0 aromatic heterocycles. The number of ether oxygens (including phenoxy) is 3. The van der Waals surface area contributed by atoms with Crippen LogP contribution in [0.5, 0.6) is 0 Å².